The lowest BCUT2D eigenvalue weighted by Crippen LogP contribution is -2.10. The van der Waals surface area contributed by atoms with Crippen molar-refractivity contribution in [1.82, 2.24) is 0 Å². The van der Waals surface area contributed by atoms with E-state index in [1.165, 1.54) is 65.7 Å². The summed E-state index contributed by atoms with van der Waals surface area (Å²) in [6, 6.07) is 92.0. The summed E-state index contributed by atoms with van der Waals surface area (Å²) in [5, 5.41) is 7.35. The molecule has 0 amide bonds. The first-order valence-electron chi connectivity index (χ1n) is 21.2. The van der Waals surface area contributed by atoms with E-state index >= 15 is 0 Å². The van der Waals surface area contributed by atoms with Gasteiger partial charge in [0.15, 0.2) is 0 Å². The van der Waals surface area contributed by atoms with Gasteiger partial charge in [-0.2, -0.15) is 0 Å². The van der Waals surface area contributed by atoms with Crippen molar-refractivity contribution in [3.05, 3.63) is 255 Å². The molecule has 2 heteroatoms. The van der Waals surface area contributed by atoms with Crippen LogP contribution in [0.3, 0.4) is 0 Å². The molecule has 0 saturated heterocycles. The molecule has 0 atom stereocenters. The van der Waals surface area contributed by atoms with Gasteiger partial charge in [-0.05, 0) is 133 Å². The summed E-state index contributed by atoms with van der Waals surface area (Å²) in [5.74, 6) is 0. The normalized spacial score (nSPS) is 11.2. The molecule has 0 spiro atoms. The van der Waals surface area contributed by atoms with Crippen molar-refractivity contribution in [3.63, 3.8) is 0 Å². The van der Waals surface area contributed by atoms with Gasteiger partial charge in [0, 0.05) is 33.8 Å². The van der Waals surface area contributed by atoms with Crippen molar-refractivity contribution in [1.29, 1.82) is 0 Å². The molecule has 11 aromatic rings. The molecule has 0 aliphatic heterocycles. The number of benzene rings is 11. The minimum atomic E-state index is 1.11. The van der Waals surface area contributed by atoms with E-state index in [0.29, 0.717) is 0 Å². The second-order valence-corrected chi connectivity index (χ2v) is 15.8. The first kappa shape index (κ1) is 36.8. The summed E-state index contributed by atoms with van der Waals surface area (Å²) in [4.78, 5) is 4.71. The largest absolute Gasteiger partial charge is 0.310 e. The van der Waals surface area contributed by atoms with Gasteiger partial charge in [-0.1, -0.05) is 182 Å². The van der Waals surface area contributed by atoms with Crippen LogP contribution in [0.2, 0.25) is 0 Å². The Morgan fingerprint density at radius 3 is 1.19 bits per heavy atom. The van der Waals surface area contributed by atoms with Crippen LogP contribution in [-0.4, -0.2) is 0 Å². The summed E-state index contributed by atoms with van der Waals surface area (Å²) in [6.07, 6.45) is 0. The van der Waals surface area contributed by atoms with E-state index in [9.17, 15) is 0 Å². The first-order valence-corrected chi connectivity index (χ1v) is 21.2. The van der Waals surface area contributed by atoms with Crippen molar-refractivity contribution in [2.75, 3.05) is 9.80 Å². The number of rotatable bonds is 9. The van der Waals surface area contributed by atoms with Crippen LogP contribution >= 0.6 is 0 Å². The summed E-state index contributed by atoms with van der Waals surface area (Å²) < 4.78 is 0. The monoisotopic (exact) mass is 790 g/mol. The first-order chi connectivity index (χ1) is 30.7. The van der Waals surface area contributed by atoms with Crippen LogP contribution in [-0.2, 0) is 0 Å². The minimum Gasteiger partial charge on any atom is -0.310 e. The zero-order chi connectivity index (χ0) is 41.2. The average molecular weight is 791 g/mol. The molecule has 0 aromatic heterocycles. The summed E-state index contributed by atoms with van der Waals surface area (Å²) in [7, 11) is 0. The molecule has 0 aliphatic rings. The standard InChI is InChI=1S/C60H42N2/c1-4-13-43(14-5-1)45-25-32-53(33-26-45)61(54-34-27-46(28-35-54)44-15-6-2-7-16-44)56-38-40-58-51(42-56)24-23-50-41-49(31-39-57(50)58)47-29-36-55(37-30-47)62(52-19-8-3-9-20-52)60-22-12-18-48-17-10-11-21-59(48)60/h1-42H. The Kier molecular flexibility index (Phi) is 9.57. The van der Waals surface area contributed by atoms with Gasteiger partial charge in [0.1, 0.15) is 0 Å². The topological polar surface area (TPSA) is 6.48 Å². The maximum atomic E-state index is 2.36. The zero-order valence-corrected chi connectivity index (χ0v) is 34.1. The SMILES string of the molecule is c1ccc(-c2ccc(N(c3ccc(-c4ccccc4)cc3)c3ccc4c(ccc5cc(-c6ccc(N(c7ccccc7)c7cccc8ccccc78)cc6)ccc54)c3)cc2)cc1. The van der Waals surface area contributed by atoms with Crippen LogP contribution in [0, 0.1) is 0 Å². The Hall–Kier alpha value is -8.20. The van der Waals surface area contributed by atoms with E-state index in [-0.39, 0.29) is 0 Å². The molecule has 0 saturated carbocycles. The quantitative estimate of drug-likeness (QED) is 0.134. The van der Waals surface area contributed by atoms with Gasteiger partial charge in [0.05, 0.1) is 5.69 Å². The molecule has 62 heavy (non-hydrogen) atoms. The molecule has 11 rings (SSSR count). The third-order valence-corrected chi connectivity index (χ3v) is 12.0. The highest BCUT2D eigenvalue weighted by Crippen LogP contribution is 2.42. The lowest BCUT2D eigenvalue weighted by molar-refractivity contribution is 1.29. The molecule has 0 N–H and O–H groups in total. The van der Waals surface area contributed by atoms with E-state index in [4.69, 9.17) is 0 Å². The second-order valence-electron chi connectivity index (χ2n) is 15.8. The molecule has 292 valence electrons. The summed E-state index contributed by atoms with van der Waals surface area (Å²) in [5.41, 5.74) is 13.9. The molecule has 0 bridgehead atoms. The Morgan fingerprint density at radius 2 is 0.597 bits per heavy atom. The van der Waals surface area contributed by atoms with E-state index in [1.807, 2.05) is 0 Å². The molecule has 0 aliphatic carbocycles. The maximum Gasteiger partial charge on any atom is 0.0540 e. The fourth-order valence-electron chi connectivity index (χ4n) is 8.90. The number of para-hydroxylation sites is 1. The molecule has 0 radical (unpaired) electrons. The third-order valence-electron chi connectivity index (χ3n) is 12.0. The molecular weight excluding hydrogens is 749 g/mol. The highest BCUT2D eigenvalue weighted by Gasteiger charge is 2.17. The van der Waals surface area contributed by atoms with Crippen molar-refractivity contribution in [2.45, 2.75) is 0 Å². The zero-order valence-electron chi connectivity index (χ0n) is 34.1. The smallest absolute Gasteiger partial charge is 0.0540 e. The lowest BCUT2D eigenvalue weighted by Gasteiger charge is -2.27. The van der Waals surface area contributed by atoms with Crippen LogP contribution in [0.4, 0.5) is 34.1 Å². The number of anilines is 6. The molecule has 0 heterocycles. The number of hydrogen-bond acceptors (Lipinski definition) is 2. The molecule has 2 nitrogen and oxygen atoms in total. The van der Waals surface area contributed by atoms with Crippen LogP contribution < -0.4 is 9.80 Å². The predicted molar refractivity (Wildman–Crippen MR) is 265 cm³/mol. The van der Waals surface area contributed by atoms with Crippen LogP contribution in [0.15, 0.2) is 255 Å². The van der Waals surface area contributed by atoms with E-state index < -0.39 is 0 Å². The highest BCUT2D eigenvalue weighted by molar-refractivity contribution is 6.09. The van der Waals surface area contributed by atoms with Gasteiger partial charge >= 0.3 is 0 Å². The molecule has 11 aromatic carbocycles. The highest BCUT2D eigenvalue weighted by atomic mass is 15.1. The fourth-order valence-corrected chi connectivity index (χ4v) is 8.90. The van der Waals surface area contributed by atoms with Crippen LogP contribution in [0.5, 0.6) is 0 Å². The minimum absolute atomic E-state index is 1.11. The number of fused-ring (bicyclic) bond motifs is 4. The fraction of sp³-hybridized carbons (Fsp3) is 0. The average Bonchev–Trinajstić information content (AvgIpc) is 3.35. The van der Waals surface area contributed by atoms with E-state index in [0.717, 1.165) is 34.1 Å². The van der Waals surface area contributed by atoms with Gasteiger partial charge in [0.2, 0.25) is 0 Å². The van der Waals surface area contributed by atoms with Crippen molar-refractivity contribution in [2.24, 2.45) is 0 Å². The molecular formula is C60H42N2. The Balaban J connectivity index is 0.930. The second kappa shape index (κ2) is 16.1. The van der Waals surface area contributed by atoms with E-state index in [2.05, 4.69) is 265 Å². The number of hydrogen-bond donors (Lipinski definition) is 0. The summed E-state index contributed by atoms with van der Waals surface area (Å²) >= 11 is 0. The Morgan fingerprint density at radius 1 is 0.194 bits per heavy atom. The van der Waals surface area contributed by atoms with Gasteiger partial charge in [-0.3, -0.25) is 0 Å². The van der Waals surface area contributed by atoms with Gasteiger partial charge in [-0.15, -0.1) is 0 Å². The third kappa shape index (κ3) is 7.04. The van der Waals surface area contributed by atoms with Crippen molar-refractivity contribution >= 4 is 66.4 Å². The van der Waals surface area contributed by atoms with Crippen molar-refractivity contribution in [3.8, 4) is 33.4 Å². The Bertz CT molecular complexity index is 3220. The van der Waals surface area contributed by atoms with E-state index in [1.54, 1.807) is 0 Å². The van der Waals surface area contributed by atoms with Gasteiger partial charge < -0.3 is 9.80 Å². The Labute approximate surface area is 362 Å². The van der Waals surface area contributed by atoms with Crippen LogP contribution in [0.1, 0.15) is 0 Å². The van der Waals surface area contributed by atoms with Crippen LogP contribution in [0.25, 0.3) is 65.7 Å². The molecule has 0 fully saturated rings. The van der Waals surface area contributed by atoms with Gasteiger partial charge in [0.25, 0.3) is 0 Å². The maximum absolute atomic E-state index is 2.36. The number of nitrogens with zero attached hydrogens (tertiary/aromatic N) is 2. The van der Waals surface area contributed by atoms with Crippen molar-refractivity contribution < 1.29 is 0 Å². The predicted octanol–water partition coefficient (Wildman–Crippen LogP) is 17.1. The lowest BCUT2D eigenvalue weighted by atomic mass is 9.96. The molecule has 0 unspecified atom stereocenters. The summed E-state index contributed by atoms with van der Waals surface area (Å²) in [6.45, 7) is 0. The van der Waals surface area contributed by atoms with Gasteiger partial charge in [-0.25, -0.2) is 0 Å².